The van der Waals surface area contributed by atoms with Crippen LogP contribution in [0.3, 0.4) is 0 Å². The van der Waals surface area contributed by atoms with Crippen LogP contribution in [0, 0.1) is 0 Å². The standard InChI is InChI=1S/C19H25BrN2O2/c1-15(23)12-21-9-10-22-13-17-11-18(20)7-8-19(17)24-14-16-5-3-2-4-6-16/h2-8,11,15,21-23H,9-10,12-14H2,1H3/t15-/m1/s1. The molecule has 2 aromatic rings. The molecule has 0 unspecified atom stereocenters. The van der Waals surface area contributed by atoms with Crippen molar-refractivity contribution >= 4 is 15.9 Å². The Morgan fingerprint density at radius 3 is 2.58 bits per heavy atom. The number of ether oxygens (including phenoxy) is 1. The zero-order valence-corrected chi connectivity index (χ0v) is 15.6. The number of rotatable bonds is 10. The average Bonchev–Trinajstić information content (AvgIpc) is 2.58. The van der Waals surface area contributed by atoms with Crippen molar-refractivity contribution < 1.29 is 9.84 Å². The molecule has 3 N–H and O–H groups in total. The molecule has 0 aliphatic carbocycles. The lowest BCUT2D eigenvalue weighted by Crippen LogP contribution is -2.31. The number of benzene rings is 2. The second-order valence-corrected chi connectivity index (χ2v) is 6.67. The van der Waals surface area contributed by atoms with Gasteiger partial charge in [0, 0.05) is 36.2 Å². The Labute approximate surface area is 152 Å². The third kappa shape index (κ3) is 7.01. The van der Waals surface area contributed by atoms with E-state index in [1.807, 2.05) is 30.3 Å². The van der Waals surface area contributed by atoms with Gasteiger partial charge in [0.1, 0.15) is 12.4 Å². The lowest BCUT2D eigenvalue weighted by atomic mass is 10.2. The fourth-order valence-corrected chi connectivity index (χ4v) is 2.68. The first-order chi connectivity index (χ1) is 11.6. The lowest BCUT2D eigenvalue weighted by Gasteiger charge is -2.13. The molecule has 2 rings (SSSR count). The van der Waals surface area contributed by atoms with E-state index in [0.29, 0.717) is 13.2 Å². The molecule has 0 aliphatic rings. The number of aliphatic hydroxyl groups excluding tert-OH is 1. The number of aliphatic hydroxyl groups is 1. The van der Waals surface area contributed by atoms with Crippen molar-refractivity contribution in [1.29, 1.82) is 0 Å². The van der Waals surface area contributed by atoms with Crippen molar-refractivity contribution in [3.63, 3.8) is 0 Å². The summed E-state index contributed by atoms with van der Waals surface area (Å²) in [5.74, 6) is 0.895. The SMILES string of the molecule is C[C@@H](O)CNCCNCc1cc(Br)ccc1OCc1ccccc1. The Morgan fingerprint density at radius 1 is 1.08 bits per heavy atom. The maximum absolute atomic E-state index is 9.20. The van der Waals surface area contributed by atoms with Gasteiger partial charge in [-0.1, -0.05) is 46.3 Å². The number of hydrogen-bond acceptors (Lipinski definition) is 4. The molecule has 130 valence electrons. The van der Waals surface area contributed by atoms with Crippen LogP contribution in [0.2, 0.25) is 0 Å². The molecule has 0 heterocycles. The van der Waals surface area contributed by atoms with Crippen LogP contribution in [-0.4, -0.2) is 30.8 Å². The molecule has 0 fully saturated rings. The van der Waals surface area contributed by atoms with Crippen molar-refractivity contribution in [2.75, 3.05) is 19.6 Å². The first-order valence-electron chi connectivity index (χ1n) is 8.20. The summed E-state index contributed by atoms with van der Waals surface area (Å²) in [5.41, 5.74) is 2.28. The van der Waals surface area contributed by atoms with Gasteiger partial charge in [0.15, 0.2) is 0 Å². The molecule has 0 bridgehead atoms. The average molecular weight is 393 g/mol. The van der Waals surface area contributed by atoms with Gasteiger partial charge in [-0.25, -0.2) is 0 Å². The Hall–Kier alpha value is -1.40. The highest BCUT2D eigenvalue weighted by Crippen LogP contribution is 2.24. The van der Waals surface area contributed by atoms with Gasteiger partial charge in [0.05, 0.1) is 6.10 Å². The third-order valence-electron chi connectivity index (χ3n) is 3.49. The summed E-state index contributed by atoms with van der Waals surface area (Å²) in [5, 5.41) is 15.8. The minimum absolute atomic E-state index is 0.312. The highest BCUT2D eigenvalue weighted by molar-refractivity contribution is 9.10. The van der Waals surface area contributed by atoms with Crippen LogP contribution in [0.15, 0.2) is 53.0 Å². The van der Waals surface area contributed by atoms with E-state index in [0.717, 1.165) is 41.0 Å². The fraction of sp³-hybridized carbons (Fsp3) is 0.368. The molecule has 24 heavy (non-hydrogen) atoms. The largest absolute Gasteiger partial charge is 0.489 e. The normalized spacial score (nSPS) is 12.1. The van der Waals surface area contributed by atoms with E-state index in [-0.39, 0.29) is 6.10 Å². The predicted molar refractivity (Wildman–Crippen MR) is 101 cm³/mol. The first kappa shape index (κ1) is 18.9. The highest BCUT2D eigenvalue weighted by atomic mass is 79.9. The summed E-state index contributed by atoms with van der Waals surface area (Å²) in [6.45, 7) is 5.34. The van der Waals surface area contributed by atoms with E-state index in [1.165, 1.54) is 0 Å². The highest BCUT2D eigenvalue weighted by Gasteiger charge is 2.05. The predicted octanol–water partition coefficient (Wildman–Crippen LogP) is 3.09. The van der Waals surface area contributed by atoms with E-state index in [4.69, 9.17) is 4.74 Å². The molecule has 2 aromatic carbocycles. The van der Waals surface area contributed by atoms with Crippen LogP contribution in [0.5, 0.6) is 5.75 Å². The maximum atomic E-state index is 9.20. The molecule has 1 atom stereocenters. The van der Waals surface area contributed by atoms with Crippen LogP contribution < -0.4 is 15.4 Å². The summed E-state index contributed by atoms with van der Waals surface area (Å²) in [6.07, 6.45) is -0.312. The molecule has 5 heteroatoms. The minimum Gasteiger partial charge on any atom is -0.489 e. The molecule has 0 amide bonds. The second kappa shape index (κ2) is 10.5. The van der Waals surface area contributed by atoms with Gasteiger partial charge in [-0.15, -0.1) is 0 Å². The maximum Gasteiger partial charge on any atom is 0.124 e. The molecule has 0 radical (unpaired) electrons. The molecule has 4 nitrogen and oxygen atoms in total. The summed E-state index contributed by atoms with van der Waals surface area (Å²) >= 11 is 3.52. The summed E-state index contributed by atoms with van der Waals surface area (Å²) < 4.78 is 7.02. The quantitative estimate of drug-likeness (QED) is 0.543. The van der Waals surface area contributed by atoms with Crippen molar-refractivity contribution in [3.05, 3.63) is 64.1 Å². The third-order valence-corrected chi connectivity index (χ3v) is 3.99. The molecular weight excluding hydrogens is 368 g/mol. The number of hydrogen-bond donors (Lipinski definition) is 3. The van der Waals surface area contributed by atoms with Crippen LogP contribution in [0.1, 0.15) is 18.1 Å². The van der Waals surface area contributed by atoms with Gasteiger partial charge < -0.3 is 20.5 Å². The van der Waals surface area contributed by atoms with Gasteiger partial charge in [0.25, 0.3) is 0 Å². The van der Waals surface area contributed by atoms with Crippen molar-refractivity contribution in [2.24, 2.45) is 0 Å². The zero-order valence-electron chi connectivity index (χ0n) is 14.0. The summed E-state index contributed by atoms with van der Waals surface area (Å²) in [7, 11) is 0. The molecule has 0 aromatic heterocycles. The van der Waals surface area contributed by atoms with Gasteiger partial charge in [-0.05, 0) is 30.7 Å². The first-order valence-corrected chi connectivity index (χ1v) is 8.99. The Balaban J connectivity index is 1.83. The van der Waals surface area contributed by atoms with Crippen molar-refractivity contribution in [3.8, 4) is 5.75 Å². The molecular formula is C19H25BrN2O2. The van der Waals surface area contributed by atoms with Crippen LogP contribution >= 0.6 is 15.9 Å². The van der Waals surface area contributed by atoms with Crippen LogP contribution in [0.4, 0.5) is 0 Å². The van der Waals surface area contributed by atoms with Gasteiger partial charge in [-0.2, -0.15) is 0 Å². The van der Waals surface area contributed by atoms with E-state index < -0.39 is 0 Å². The number of halogens is 1. The van der Waals surface area contributed by atoms with Gasteiger partial charge in [0.2, 0.25) is 0 Å². The fourth-order valence-electron chi connectivity index (χ4n) is 2.27. The van der Waals surface area contributed by atoms with Crippen LogP contribution in [0.25, 0.3) is 0 Å². The van der Waals surface area contributed by atoms with Crippen LogP contribution in [-0.2, 0) is 13.2 Å². The van der Waals surface area contributed by atoms with Crippen molar-refractivity contribution in [1.82, 2.24) is 10.6 Å². The lowest BCUT2D eigenvalue weighted by molar-refractivity contribution is 0.191. The minimum atomic E-state index is -0.312. The second-order valence-electron chi connectivity index (χ2n) is 5.76. The molecule has 0 saturated carbocycles. The Kier molecular flexibility index (Phi) is 8.25. The van der Waals surface area contributed by atoms with Gasteiger partial charge >= 0.3 is 0 Å². The van der Waals surface area contributed by atoms with Gasteiger partial charge in [-0.3, -0.25) is 0 Å². The topological polar surface area (TPSA) is 53.5 Å². The molecule has 0 spiro atoms. The van der Waals surface area contributed by atoms with E-state index >= 15 is 0 Å². The summed E-state index contributed by atoms with van der Waals surface area (Å²) in [4.78, 5) is 0. The monoisotopic (exact) mass is 392 g/mol. The molecule has 0 saturated heterocycles. The van der Waals surface area contributed by atoms with E-state index in [9.17, 15) is 5.11 Å². The van der Waals surface area contributed by atoms with E-state index in [2.05, 4.69) is 44.8 Å². The Morgan fingerprint density at radius 2 is 1.83 bits per heavy atom. The van der Waals surface area contributed by atoms with E-state index in [1.54, 1.807) is 6.92 Å². The zero-order chi connectivity index (χ0) is 17.2. The summed E-state index contributed by atoms with van der Waals surface area (Å²) in [6, 6.07) is 16.2. The smallest absolute Gasteiger partial charge is 0.124 e. The Bertz CT molecular complexity index is 606. The van der Waals surface area contributed by atoms with Crippen molar-refractivity contribution in [2.45, 2.75) is 26.2 Å². The number of nitrogens with one attached hydrogen (secondary N) is 2. The molecule has 0 aliphatic heterocycles.